The van der Waals surface area contributed by atoms with E-state index in [1.165, 1.54) is 6.07 Å². The van der Waals surface area contributed by atoms with Crippen LogP contribution in [0, 0.1) is 0 Å². The highest BCUT2D eigenvalue weighted by atomic mass is 19.4. The number of aromatic nitrogens is 1. The predicted octanol–water partition coefficient (Wildman–Crippen LogP) is 3.59. The first-order valence-electron chi connectivity index (χ1n) is 8.45. The summed E-state index contributed by atoms with van der Waals surface area (Å²) >= 11 is 0. The van der Waals surface area contributed by atoms with Crippen molar-refractivity contribution < 1.29 is 17.9 Å². The fourth-order valence-corrected chi connectivity index (χ4v) is 2.71. The number of anilines is 3. The second kappa shape index (κ2) is 8.37. The number of pyridine rings is 1. The molecule has 0 unspecified atom stereocenters. The van der Waals surface area contributed by atoms with Gasteiger partial charge in [0.25, 0.3) is 0 Å². The van der Waals surface area contributed by atoms with Crippen molar-refractivity contribution in [1.29, 1.82) is 0 Å². The molecule has 1 aliphatic rings. The maximum atomic E-state index is 12.8. The summed E-state index contributed by atoms with van der Waals surface area (Å²) in [4.78, 5) is 6.55. The van der Waals surface area contributed by atoms with Crippen molar-refractivity contribution >= 4 is 17.2 Å². The minimum absolute atomic E-state index is 0.380. The van der Waals surface area contributed by atoms with Crippen LogP contribution in [0.25, 0.3) is 0 Å². The van der Waals surface area contributed by atoms with Crippen molar-refractivity contribution in [3.8, 4) is 0 Å². The Morgan fingerprint density at radius 3 is 2.62 bits per heavy atom. The van der Waals surface area contributed by atoms with Crippen LogP contribution in [0.3, 0.4) is 0 Å². The van der Waals surface area contributed by atoms with E-state index in [1.54, 1.807) is 24.4 Å². The van der Waals surface area contributed by atoms with E-state index < -0.39 is 11.7 Å². The molecule has 140 valence electrons. The molecule has 2 aromatic rings. The lowest BCUT2D eigenvalue weighted by Gasteiger charge is -2.26. The Morgan fingerprint density at radius 1 is 1.08 bits per heavy atom. The van der Waals surface area contributed by atoms with Crippen LogP contribution in [0.15, 0.2) is 42.6 Å². The molecule has 1 aromatic heterocycles. The zero-order valence-corrected chi connectivity index (χ0v) is 14.2. The molecule has 1 aliphatic heterocycles. The van der Waals surface area contributed by atoms with Gasteiger partial charge in [0.1, 0.15) is 5.82 Å². The molecule has 2 N–H and O–H groups in total. The average Bonchev–Trinajstić information content (AvgIpc) is 2.63. The maximum absolute atomic E-state index is 12.8. The molecular weight excluding hydrogens is 345 g/mol. The standard InChI is InChI=1S/C18H21F3N4O/c19-18(20,21)14-2-1-3-15(12-14)24-16-4-5-22-17(13-16)23-6-7-25-8-10-26-11-9-25/h1-5,12-13H,6-11H2,(H2,22,23,24). The van der Waals surface area contributed by atoms with Crippen molar-refractivity contribution in [2.75, 3.05) is 50.0 Å². The molecule has 1 fully saturated rings. The SMILES string of the molecule is FC(F)(F)c1cccc(Nc2ccnc(NCCN3CCOCC3)c2)c1. The average molecular weight is 366 g/mol. The summed E-state index contributed by atoms with van der Waals surface area (Å²) < 4.78 is 43.7. The van der Waals surface area contributed by atoms with Crippen LogP contribution in [0.5, 0.6) is 0 Å². The summed E-state index contributed by atoms with van der Waals surface area (Å²) in [6.45, 7) is 4.98. The van der Waals surface area contributed by atoms with E-state index >= 15 is 0 Å². The second-order valence-electron chi connectivity index (χ2n) is 6.01. The normalized spacial score (nSPS) is 15.7. The van der Waals surface area contributed by atoms with Gasteiger partial charge in [-0.2, -0.15) is 13.2 Å². The third-order valence-electron chi connectivity index (χ3n) is 4.08. The molecule has 0 saturated carbocycles. The van der Waals surface area contributed by atoms with Crippen molar-refractivity contribution in [1.82, 2.24) is 9.88 Å². The van der Waals surface area contributed by atoms with Crippen LogP contribution in [0.1, 0.15) is 5.56 Å². The molecule has 0 atom stereocenters. The number of nitrogens with one attached hydrogen (secondary N) is 2. The van der Waals surface area contributed by atoms with Gasteiger partial charge in [0, 0.05) is 49.8 Å². The van der Waals surface area contributed by atoms with Gasteiger partial charge in [0.05, 0.1) is 18.8 Å². The third-order valence-corrected chi connectivity index (χ3v) is 4.08. The summed E-state index contributed by atoms with van der Waals surface area (Å²) in [6, 6.07) is 8.62. The summed E-state index contributed by atoms with van der Waals surface area (Å²) in [6.07, 6.45) is -2.74. The predicted molar refractivity (Wildman–Crippen MR) is 94.7 cm³/mol. The molecule has 3 rings (SSSR count). The molecular formula is C18H21F3N4O. The van der Waals surface area contributed by atoms with E-state index in [-0.39, 0.29) is 0 Å². The van der Waals surface area contributed by atoms with Crippen LogP contribution in [0.2, 0.25) is 0 Å². The Balaban J connectivity index is 1.57. The van der Waals surface area contributed by atoms with Gasteiger partial charge in [-0.25, -0.2) is 4.98 Å². The molecule has 0 aliphatic carbocycles. The molecule has 0 spiro atoms. The fourth-order valence-electron chi connectivity index (χ4n) is 2.71. The molecule has 0 amide bonds. The number of ether oxygens (including phenoxy) is 1. The lowest BCUT2D eigenvalue weighted by molar-refractivity contribution is -0.137. The van der Waals surface area contributed by atoms with Crippen molar-refractivity contribution in [2.45, 2.75) is 6.18 Å². The molecule has 8 heteroatoms. The van der Waals surface area contributed by atoms with Crippen LogP contribution in [0.4, 0.5) is 30.4 Å². The molecule has 1 aromatic carbocycles. The third kappa shape index (κ3) is 5.34. The lowest BCUT2D eigenvalue weighted by Crippen LogP contribution is -2.39. The highest BCUT2D eigenvalue weighted by Crippen LogP contribution is 2.31. The summed E-state index contributed by atoms with van der Waals surface area (Å²) in [7, 11) is 0. The zero-order chi connectivity index (χ0) is 18.4. The molecule has 2 heterocycles. The quantitative estimate of drug-likeness (QED) is 0.818. The van der Waals surface area contributed by atoms with Crippen LogP contribution in [-0.2, 0) is 10.9 Å². The number of morpholine rings is 1. The van der Waals surface area contributed by atoms with Crippen LogP contribution in [-0.4, -0.2) is 49.3 Å². The first-order valence-corrected chi connectivity index (χ1v) is 8.45. The van der Waals surface area contributed by atoms with Crippen molar-refractivity contribution in [3.63, 3.8) is 0 Å². The summed E-state index contributed by atoms with van der Waals surface area (Å²) in [5.41, 5.74) is 0.374. The van der Waals surface area contributed by atoms with Gasteiger partial charge < -0.3 is 15.4 Å². The number of nitrogens with zero attached hydrogens (tertiary/aromatic N) is 2. The highest BCUT2D eigenvalue weighted by Gasteiger charge is 2.30. The van der Waals surface area contributed by atoms with Gasteiger partial charge in [-0.05, 0) is 24.3 Å². The minimum atomic E-state index is -4.36. The second-order valence-corrected chi connectivity index (χ2v) is 6.01. The Kier molecular flexibility index (Phi) is 5.95. The first kappa shape index (κ1) is 18.5. The van der Waals surface area contributed by atoms with E-state index in [2.05, 4.69) is 20.5 Å². The molecule has 0 radical (unpaired) electrons. The van der Waals surface area contributed by atoms with Gasteiger partial charge in [-0.15, -0.1) is 0 Å². The van der Waals surface area contributed by atoms with E-state index in [4.69, 9.17) is 4.74 Å². The Bertz CT molecular complexity index is 718. The van der Waals surface area contributed by atoms with Crippen LogP contribution >= 0.6 is 0 Å². The number of alkyl halides is 3. The molecule has 1 saturated heterocycles. The zero-order valence-electron chi connectivity index (χ0n) is 14.2. The van der Waals surface area contributed by atoms with Crippen molar-refractivity contribution in [3.05, 3.63) is 48.2 Å². The van der Waals surface area contributed by atoms with E-state index in [1.807, 2.05) is 0 Å². The lowest BCUT2D eigenvalue weighted by atomic mass is 10.2. The number of rotatable bonds is 6. The summed E-state index contributed by atoms with van der Waals surface area (Å²) in [5.74, 6) is 0.676. The van der Waals surface area contributed by atoms with Gasteiger partial charge >= 0.3 is 6.18 Å². The number of hydrogen-bond donors (Lipinski definition) is 2. The van der Waals surface area contributed by atoms with E-state index in [9.17, 15) is 13.2 Å². The Hall–Kier alpha value is -2.32. The maximum Gasteiger partial charge on any atom is 0.416 e. The minimum Gasteiger partial charge on any atom is -0.379 e. The van der Waals surface area contributed by atoms with Crippen LogP contribution < -0.4 is 10.6 Å². The molecule has 26 heavy (non-hydrogen) atoms. The van der Waals surface area contributed by atoms with E-state index in [0.29, 0.717) is 17.2 Å². The Labute approximate surface area is 150 Å². The molecule has 5 nitrogen and oxygen atoms in total. The number of benzene rings is 1. The highest BCUT2D eigenvalue weighted by molar-refractivity contribution is 5.63. The summed E-state index contributed by atoms with van der Waals surface area (Å²) in [5, 5.41) is 6.23. The monoisotopic (exact) mass is 366 g/mol. The van der Waals surface area contributed by atoms with Gasteiger partial charge in [0.15, 0.2) is 0 Å². The van der Waals surface area contributed by atoms with Gasteiger partial charge in [-0.3, -0.25) is 4.90 Å². The van der Waals surface area contributed by atoms with Gasteiger partial charge in [0.2, 0.25) is 0 Å². The number of hydrogen-bond acceptors (Lipinski definition) is 5. The smallest absolute Gasteiger partial charge is 0.379 e. The molecule has 0 bridgehead atoms. The largest absolute Gasteiger partial charge is 0.416 e. The van der Waals surface area contributed by atoms with Crippen molar-refractivity contribution in [2.24, 2.45) is 0 Å². The fraction of sp³-hybridized carbons (Fsp3) is 0.389. The topological polar surface area (TPSA) is 49.4 Å². The van der Waals surface area contributed by atoms with E-state index in [0.717, 1.165) is 51.5 Å². The van der Waals surface area contributed by atoms with Gasteiger partial charge in [-0.1, -0.05) is 6.07 Å². The number of halogens is 3. The first-order chi connectivity index (χ1) is 12.5. The Morgan fingerprint density at radius 2 is 1.85 bits per heavy atom.